The highest BCUT2D eigenvalue weighted by molar-refractivity contribution is 7.16. The molecule has 0 saturated carbocycles. The van der Waals surface area contributed by atoms with Gasteiger partial charge in [0.2, 0.25) is 0 Å². The number of aryl methyl sites for hydroxylation is 1. The maximum absolute atomic E-state index is 5.90. The molecule has 0 amide bonds. The fourth-order valence-electron chi connectivity index (χ4n) is 1.68. The van der Waals surface area contributed by atoms with Gasteiger partial charge in [0.05, 0.1) is 17.6 Å². The van der Waals surface area contributed by atoms with Crippen LogP contribution >= 0.6 is 22.9 Å². The number of nitrogens with zero attached hydrogens (tertiary/aromatic N) is 1. The molecule has 1 saturated heterocycles. The van der Waals surface area contributed by atoms with E-state index in [9.17, 15) is 0 Å². The molecule has 0 spiro atoms. The molecule has 0 aromatic carbocycles. The Morgan fingerprint density at radius 1 is 1.50 bits per heavy atom. The molecule has 2 heterocycles. The van der Waals surface area contributed by atoms with Crippen LogP contribution in [-0.2, 0) is 4.74 Å². The van der Waals surface area contributed by atoms with Gasteiger partial charge in [-0.2, -0.15) is 0 Å². The van der Waals surface area contributed by atoms with Gasteiger partial charge in [-0.05, 0) is 6.92 Å². The van der Waals surface area contributed by atoms with Gasteiger partial charge in [0, 0.05) is 30.6 Å². The first-order valence-corrected chi connectivity index (χ1v) is 6.64. The Bertz CT molecular complexity index is 337. The van der Waals surface area contributed by atoms with E-state index in [2.05, 4.69) is 4.90 Å². The Morgan fingerprint density at radius 2 is 2.25 bits per heavy atom. The van der Waals surface area contributed by atoms with Crippen LogP contribution in [0.2, 0.25) is 4.34 Å². The largest absolute Gasteiger partial charge is 0.491 e. The second-order valence-electron chi connectivity index (χ2n) is 3.77. The van der Waals surface area contributed by atoms with Crippen molar-refractivity contribution in [1.29, 1.82) is 0 Å². The van der Waals surface area contributed by atoms with Crippen LogP contribution in [0.1, 0.15) is 4.88 Å². The van der Waals surface area contributed by atoms with Gasteiger partial charge in [0.1, 0.15) is 12.4 Å². The first-order chi connectivity index (χ1) is 7.75. The summed E-state index contributed by atoms with van der Waals surface area (Å²) in [5.74, 6) is 0.920. The Labute approximate surface area is 105 Å². The lowest BCUT2D eigenvalue weighted by Crippen LogP contribution is -2.38. The Morgan fingerprint density at radius 3 is 2.88 bits per heavy atom. The van der Waals surface area contributed by atoms with Crippen LogP contribution in [0, 0.1) is 6.92 Å². The highest BCUT2D eigenvalue weighted by Crippen LogP contribution is 2.31. The lowest BCUT2D eigenvalue weighted by molar-refractivity contribution is 0.0322. The Balaban J connectivity index is 1.73. The molecule has 0 bridgehead atoms. The fraction of sp³-hybridized carbons (Fsp3) is 0.636. The number of hydrogen-bond acceptors (Lipinski definition) is 4. The van der Waals surface area contributed by atoms with Crippen molar-refractivity contribution in [2.75, 3.05) is 39.5 Å². The van der Waals surface area contributed by atoms with E-state index in [0.717, 1.165) is 47.8 Å². The lowest BCUT2D eigenvalue weighted by Gasteiger charge is -2.26. The first kappa shape index (κ1) is 12.2. The Kier molecular flexibility index (Phi) is 4.46. The van der Waals surface area contributed by atoms with Gasteiger partial charge in [-0.25, -0.2) is 0 Å². The summed E-state index contributed by atoms with van der Waals surface area (Å²) >= 11 is 7.47. The van der Waals surface area contributed by atoms with E-state index in [-0.39, 0.29) is 0 Å². The smallest absolute Gasteiger partial charge is 0.134 e. The second-order valence-corrected chi connectivity index (χ2v) is 5.66. The molecular formula is C11H16ClNO2S. The molecule has 0 unspecified atom stereocenters. The van der Waals surface area contributed by atoms with Crippen LogP contribution in [-0.4, -0.2) is 44.4 Å². The maximum atomic E-state index is 5.90. The SMILES string of the molecule is Cc1sc(Cl)cc1OCCN1CCOCC1. The zero-order valence-electron chi connectivity index (χ0n) is 9.37. The third-order valence-corrected chi connectivity index (χ3v) is 3.77. The van der Waals surface area contributed by atoms with Crippen molar-refractivity contribution < 1.29 is 9.47 Å². The molecule has 90 valence electrons. The molecule has 5 heteroatoms. The lowest BCUT2D eigenvalue weighted by atomic mass is 10.4. The van der Waals surface area contributed by atoms with E-state index in [1.807, 2.05) is 13.0 Å². The van der Waals surface area contributed by atoms with E-state index >= 15 is 0 Å². The standard InChI is InChI=1S/C11H16ClNO2S/c1-9-10(8-11(12)16-9)15-7-4-13-2-5-14-6-3-13/h8H,2-7H2,1H3. The highest BCUT2D eigenvalue weighted by atomic mass is 35.5. The summed E-state index contributed by atoms with van der Waals surface area (Å²) in [6.07, 6.45) is 0. The predicted octanol–water partition coefficient (Wildman–Crippen LogP) is 2.42. The average Bonchev–Trinajstić information content (AvgIpc) is 2.59. The molecular weight excluding hydrogens is 246 g/mol. The van der Waals surface area contributed by atoms with Crippen LogP contribution in [0.3, 0.4) is 0 Å². The van der Waals surface area contributed by atoms with Crippen LogP contribution in [0.25, 0.3) is 0 Å². The van der Waals surface area contributed by atoms with Crippen molar-refractivity contribution in [2.24, 2.45) is 0 Å². The van der Waals surface area contributed by atoms with Crippen LogP contribution in [0.5, 0.6) is 5.75 Å². The monoisotopic (exact) mass is 261 g/mol. The van der Waals surface area contributed by atoms with Crippen molar-refractivity contribution in [3.8, 4) is 5.75 Å². The van der Waals surface area contributed by atoms with Crippen molar-refractivity contribution >= 4 is 22.9 Å². The van der Waals surface area contributed by atoms with Gasteiger partial charge in [-0.3, -0.25) is 4.90 Å². The van der Waals surface area contributed by atoms with E-state index in [1.54, 1.807) is 11.3 Å². The fourth-order valence-corrected chi connectivity index (χ4v) is 2.81. The minimum atomic E-state index is 0.716. The van der Waals surface area contributed by atoms with Crippen molar-refractivity contribution in [3.63, 3.8) is 0 Å². The minimum Gasteiger partial charge on any atom is -0.491 e. The summed E-state index contributed by atoms with van der Waals surface area (Å²) in [6, 6.07) is 1.89. The number of morpholine rings is 1. The Hall–Kier alpha value is -0.290. The van der Waals surface area contributed by atoms with E-state index in [0.29, 0.717) is 6.61 Å². The van der Waals surface area contributed by atoms with Gasteiger partial charge in [0.15, 0.2) is 0 Å². The second kappa shape index (κ2) is 5.87. The summed E-state index contributed by atoms with van der Waals surface area (Å²) in [5.41, 5.74) is 0. The molecule has 2 rings (SSSR count). The third-order valence-electron chi connectivity index (χ3n) is 2.61. The maximum Gasteiger partial charge on any atom is 0.134 e. The summed E-state index contributed by atoms with van der Waals surface area (Å²) in [6.45, 7) is 7.39. The zero-order chi connectivity index (χ0) is 11.4. The molecule has 0 aliphatic carbocycles. The minimum absolute atomic E-state index is 0.716. The normalized spacial score (nSPS) is 17.6. The number of ether oxygens (including phenoxy) is 2. The van der Waals surface area contributed by atoms with E-state index in [4.69, 9.17) is 21.1 Å². The topological polar surface area (TPSA) is 21.7 Å². The molecule has 0 atom stereocenters. The summed E-state index contributed by atoms with van der Waals surface area (Å²) in [7, 11) is 0. The van der Waals surface area contributed by atoms with Crippen LogP contribution in [0.4, 0.5) is 0 Å². The number of rotatable bonds is 4. The number of thiophene rings is 1. The van der Waals surface area contributed by atoms with Gasteiger partial charge in [-0.1, -0.05) is 11.6 Å². The average molecular weight is 262 g/mol. The zero-order valence-corrected chi connectivity index (χ0v) is 10.9. The number of halogens is 1. The molecule has 0 radical (unpaired) electrons. The van der Waals surface area contributed by atoms with Gasteiger partial charge >= 0.3 is 0 Å². The summed E-state index contributed by atoms with van der Waals surface area (Å²) in [4.78, 5) is 3.50. The predicted molar refractivity (Wildman–Crippen MR) is 66.8 cm³/mol. The summed E-state index contributed by atoms with van der Waals surface area (Å²) < 4.78 is 11.8. The van der Waals surface area contributed by atoms with Crippen molar-refractivity contribution in [3.05, 3.63) is 15.3 Å². The molecule has 1 aliphatic rings. The first-order valence-electron chi connectivity index (χ1n) is 5.44. The molecule has 3 nitrogen and oxygen atoms in total. The van der Waals surface area contributed by atoms with Crippen LogP contribution < -0.4 is 4.74 Å². The van der Waals surface area contributed by atoms with Gasteiger partial charge in [0.25, 0.3) is 0 Å². The van der Waals surface area contributed by atoms with Gasteiger partial charge < -0.3 is 9.47 Å². The molecule has 16 heavy (non-hydrogen) atoms. The molecule has 0 N–H and O–H groups in total. The van der Waals surface area contributed by atoms with Crippen molar-refractivity contribution in [2.45, 2.75) is 6.92 Å². The van der Waals surface area contributed by atoms with E-state index < -0.39 is 0 Å². The number of hydrogen-bond donors (Lipinski definition) is 0. The van der Waals surface area contributed by atoms with Crippen molar-refractivity contribution in [1.82, 2.24) is 4.90 Å². The molecule has 1 fully saturated rings. The quantitative estimate of drug-likeness (QED) is 0.831. The van der Waals surface area contributed by atoms with Crippen LogP contribution in [0.15, 0.2) is 6.07 Å². The third kappa shape index (κ3) is 3.35. The summed E-state index contributed by atoms with van der Waals surface area (Å²) in [5, 5.41) is 0. The van der Waals surface area contributed by atoms with E-state index in [1.165, 1.54) is 0 Å². The molecule has 1 aromatic rings. The highest BCUT2D eigenvalue weighted by Gasteiger charge is 2.10. The molecule has 1 aliphatic heterocycles. The molecule has 1 aromatic heterocycles. The van der Waals surface area contributed by atoms with Gasteiger partial charge in [-0.15, -0.1) is 11.3 Å².